The molecule has 1 rings (SSSR count). The van der Waals surface area contributed by atoms with E-state index in [0.29, 0.717) is 6.42 Å². The van der Waals surface area contributed by atoms with E-state index in [1.54, 1.807) is 7.11 Å². The number of hydrogen-bond acceptors (Lipinski definition) is 2. The average Bonchev–Trinajstić information content (AvgIpc) is 2.00. The maximum Gasteiger partial charge on any atom is 0.156 e. The van der Waals surface area contributed by atoms with Gasteiger partial charge in [-0.1, -0.05) is 19.4 Å². The largest absolute Gasteiger partial charge is 0.385 e. The van der Waals surface area contributed by atoms with Gasteiger partial charge >= 0.3 is 0 Å². The molecule has 2 nitrogen and oxygen atoms in total. The summed E-state index contributed by atoms with van der Waals surface area (Å²) in [5, 5.41) is 0. The third-order valence-electron chi connectivity index (χ3n) is 2.57. The van der Waals surface area contributed by atoms with E-state index >= 15 is 0 Å². The summed E-state index contributed by atoms with van der Waals surface area (Å²) in [6.07, 6.45) is 5.61. The number of carbonyl (C=O) groups excluding carboxylic acids is 1. The van der Waals surface area contributed by atoms with E-state index in [9.17, 15) is 4.79 Å². The summed E-state index contributed by atoms with van der Waals surface area (Å²) in [5.41, 5.74) is 1.46. The third kappa shape index (κ3) is 3.62. The van der Waals surface area contributed by atoms with E-state index in [2.05, 4.69) is 13.8 Å². The van der Waals surface area contributed by atoms with E-state index in [0.717, 1.165) is 25.9 Å². The molecule has 0 aliphatic heterocycles. The number of ether oxygens (including phenoxy) is 1. The fourth-order valence-electron chi connectivity index (χ4n) is 2.08. The molecule has 0 heterocycles. The second kappa shape index (κ2) is 4.74. The van der Waals surface area contributed by atoms with Crippen LogP contribution in [-0.2, 0) is 9.53 Å². The zero-order valence-electron chi connectivity index (χ0n) is 9.43. The van der Waals surface area contributed by atoms with Crippen molar-refractivity contribution in [1.82, 2.24) is 0 Å². The predicted molar refractivity (Wildman–Crippen MR) is 57.2 cm³/mol. The molecule has 0 aromatic heterocycles. The predicted octanol–water partition coefficient (Wildman–Crippen LogP) is 2.73. The zero-order chi connectivity index (χ0) is 10.6. The summed E-state index contributed by atoms with van der Waals surface area (Å²) in [7, 11) is 1.71. The summed E-state index contributed by atoms with van der Waals surface area (Å²) in [5.74, 6) is 0.286. The minimum absolute atomic E-state index is 0.161. The second-order valence-corrected chi connectivity index (χ2v) is 4.88. The smallest absolute Gasteiger partial charge is 0.156 e. The Bertz CT molecular complexity index is 239. The van der Waals surface area contributed by atoms with Gasteiger partial charge in [-0.25, -0.2) is 0 Å². The summed E-state index contributed by atoms with van der Waals surface area (Å²) >= 11 is 0. The molecule has 0 N–H and O–H groups in total. The second-order valence-electron chi connectivity index (χ2n) is 4.88. The van der Waals surface area contributed by atoms with Crippen LogP contribution in [0, 0.1) is 5.41 Å². The number of rotatable bonds is 4. The summed E-state index contributed by atoms with van der Waals surface area (Å²) in [4.78, 5) is 11.4. The molecule has 0 amide bonds. The molecule has 1 aliphatic carbocycles. The molecular weight excluding hydrogens is 176 g/mol. The van der Waals surface area contributed by atoms with Crippen LogP contribution < -0.4 is 0 Å². The minimum Gasteiger partial charge on any atom is -0.385 e. The van der Waals surface area contributed by atoms with E-state index in [1.807, 2.05) is 6.08 Å². The molecule has 0 fully saturated rings. The lowest BCUT2D eigenvalue weighted by molar-refractivity contribution is -0.117. The van der Waals surface area contributed by atoms with Crippen molar-refractivity contribution in [3.63, 3.8) is 0 Å². The number of hydrogen-bond donors (Lipinski definition) is 0. The Labute approximate surface area is 86.3 Å². The third-order valence-corrected chi connectivity index (χ3v) is 2.57. The highest BCUT2D eigenvalue weighted by Gasteiger charge is 2.26. The average molecular weight is 196 g/mol. The quantitative estimate of drug-likeness (QED) is 0.646. The number of ketones is 1. The number of allylic oxidation sites excluding steroid dienone is 2. The summed E-state index contributed by atoms with van der Waals surface area (Å²) in [6, 6.07) is 0. The SMILES string of the molecule is COCCCC1=CC(=O)CC(C)(C)C1. The van der Waals surface area contributed by atoms with E-state index in [-0.39, 0.29) is 11.2 Å². The van der Waals surface area contributed by atoms with Crippen LogP contribution in [0.1, 0.15) is 39.5 Å². The van der Waals surface area contributed by atoms with Crippen molar-refractivity contribution >= 4 is 5.78 Å². The van der Waals surface area contributed by atoms with Gasteiger partial charge in [0.15, 0.2) is 5.78 Å². The van der Waals surface area contributed by atoms with Gasteiger partial charge in [-0.15, -0.1) is 0 Å². The molecule has 0 spiro atoms. The molecular formula is C12H20O2. The van der Waals surface area contributed by atoms with Crippen LogP contribution in [0.2, 0.25) is 0 Å². The Hall–Kier alpha value is -0.630. The van der Waals surface area contributed by atoms with E-state index in [1.165, 1.54) is 5.57 Å². The molecule has 0 aromatic carbocycles. The first-order valence-corrected chi connectivity index (χ1v) is 5.25. The van der Waals surface area contributed by atoms with Crippen molar-refractivity contribution in [3.8, 4) is 0 Å². The highest BCUT2D eigenvalue weighted by atomic mass is 16.5. The lowest BCUT2D eigenvalue weighted by atomic mass is 9.76. The van der Waals surface area contributed by atoms with Crippen LogP contribution in [0.15, 0.2) is 11.6 Å². The van der Waals surface area contributed by atoms with Gasteiger partial charge in [0.1, 0.15) is 0 Å². The molecule has 0 unspecified atom stereocenters. The summed E-state index contributed by atoms with van der Waals surface area (Å²) < 4.78 is 5.00. The van der Waals surface area contributed by atoms with Crippen LogP contribution in [-0.4, -0.2) is 19.5 Å². The molecule has 14 heavy (non-hydrogen) atoms. The fraction of sp³-hybridized carbons (Fsp3) is 0.750. The normalized spacial score (nSPS) is 20.8. The van der Waals surface area contributed by atoms with Crippen molar-refractivity contribution in [2.45, 2.75) is 39.5 Å². The highest BCUT2D eigenvalue weighted by molar-refractivity contribution is 5.91. The zero-order valence-corrected chi connectivity index (χ0v) is 9.43. The number of methoxy groups -OCH3 is 1. The Morgan fingerprint density at radius 1 is 1.43 bits per heavy atom. The maximum atomic E-state index is 11.4. The first-order valence-electron chi connectivity index (χ1n) is 5.25. The van der Waals surface area contributed by atoms with Crippen molar-refractivity contribution in [3.05, 3.63) is 11.6 Å². The Morgan fingerprint density at radius 2 is 2.14 bits per heavy atom. The topological polar surface area (TPSA) is 26.3 Å². The standard InChI is InChI=1S/C12H20O2/c1-12(2)8-10(5-4-6-14-3)7-11(13)9-12/h7H,4-6,8-9H2,1-3H3. The molecule has 0 aromatic rings. The molecule has 0 saturated heterocycles. The molecule has 0 bridgehead atoms. The first-order chi connectivity index (χ1) is 6.53. The summed E-state index contributed by atoms with van der Waals surface area (Å²) in [6.45, 7) is 5.11. The van der Waals surface area contributed by atoms with Crippen LogP contribution in [0.5, 0.6) is 0 Å². The van der Waals surface area contributed by atoms with Gasteiger partial charge in [0.25, 0.3) is 0 Å². The van der Waals surface area contributed by atoms with Crippen molar-refractivity contribution in [1.29, 1.82) is 0 Å². The molecule has 1 aliphatic rings. The monoisotopic (exact) mass is 196 g/mol. The number of carbonyl (C=O) groups is 1. The molecule has 0 radical (unpaired) electrons. The minimum atomic E-state index is 0.161. The lowest BCUT2D eigenvalue weighted by Gasteiger charge is -2.28. The van der Waals surface area contributed by atoms with Gasteiger partial charge in [-0.05, 0) is 30.8 Å². The Balaban J connectivity index is 2.48. The van der Waals surface area contributed by atoms with Crippen molar-refractivity contribution in [2.24, 2.45) is 5.41 Å². The van der Waals surface area contributed by atoms with Gasteiger partial charge < -0.3 is 4.74 Å². The Kier molecular flexibility index (Phi) is 3.87. The molecule has 0 saturated carbocycles. The van der Waals surface area contributed by atoms with Gasteiger partial charge in [-0.2, -0.15) is 0 Å². The van der Waals surface area contributed by atoms with Crippen molar-refractivity contribution < 1.29 is 9.53 Å². The first kappa shape index (κ1) is 11.4. The van der Waals surface area contributed by atoms with Crippen molar-refractivity contribution in [2.75, 3.05) is 13.7 Å². The molecule has 2 heteroatoms. The van der Waals surface area contributed by atoms with Gasteiger partial charge in [0.2, 0.25) is 0 Å². The molecule has 80 valence electrons. The van der Waals surface area contributed by atoms with Crippen LogP contribution in [0.3, 0.4) is 0 Å². The molecule has 0 atom stereocenters. The van der Waals surface area contributed by atoms with Gasteiger partial charge in [0.05, 0.1) is 0 Å². The van der Waals surface area contributed by atoms with Crippen LogP contribution >= 0.6 is 0 Å². The fourth-order valence-corrected chi connectivity index (χ4v) is 2.08. The van der Waals surface area contributed by atoms with E-state index < -0.39 is 0 Å². The lowest BCUT2D eigenvalue weighted by Crippen LogP contribution is -2.21. The van der Waals surface area contributed by atoms with Gasteiger partial charge in [0, 0.05) is 20.1 Å². The van der Waals surface area contributed by atoms with Crippen LogP contribution in [0.4, 0.5) is 0 Å². The Morgan fingerprint density at radius 3 is 2.71 bits per heavy atom. The highest BCUT2D eigenvalue weighted by Crippen LogP contribution is 2.35. The van der Waals surface area contributed by atoms with Gasteiger partial charge in [-0.3, -0.25) is 4.79 Å². The van der Waals surface area contributed by atoms with E-state index in [4.69, 9.17) is 4.74 Å². The van der Waals surface area contributed by atoms with Crippen LogP contribution in [0.25, 0.3) is 0 Å². The maximum absolute atomic E-state index is 11.4.